The maximum atomic E-state index is 12.0. The average Bonchev–Trinajstić information content (AvgIpc) is 2.61. The highest BCUT2D eigenvalue weighted by atomic mass is 16.5. The molecule has 2 amide bonds. The zero-order valence-electron chi connectivity index (χ0n) is 15.2. The van der Waals surface area contributed by atoms with E-state index in [4.69, 9.17) is 14.2 Å². The number of aryl methyl sites for hydroxylation is 2. The number of carbonyl (C=O) groups excluding carboxylic acids is 1. The van der Waals surface area contributed by atoms with Crippen molar-refractivity contribution in [3.05, 3.63) is 47.0 Å². The lowest BCUT2D eigenvalue weighted by molar-refractivity contribution is 0.234. The molecule has 0 spiro atoms. The smallest absolute Gasteiger partial charge is 0.321 e. The van der Waals surface area contributed by atoms with Crippen LogP contribution in [0.1, 0.15) is 16.7 Å². The summed E-state index contributed by atoms with van der Waals surface area (Å²) in [6.45, 7) is 6.08. The zero-order chi connectivity index (χ0) is 18.4. The lowest BCUT2D eigenvalue weighted by Gasteiger charge is -2.15. The van der Waals surface area contributed by atoms with Crippen molar-refractivity contribution in [2.24, 2.45) is 0 Å². The van der Waals surface area contributed by atoms with E-state index < -0.39 is 0 Å². The third-order valence-corrected chi connectivity index (χ3v) is 3.96. The van der Waals surface area contributed by atoms with Gasteiger partial charge in [-0.15, -0.1) is 0 Å². The number of nitrogens with one attached hydrogen (secondary N) is 2. The van der Waals surface area contributed by atoms with E-state index >= 15 is 0 Å². The van der Waals surface area contributed by atoms with Crippen molar-refractivity contribution in [1.82, 2.24) is 5.32 Å². The van der Waals surface area contributed by atoms with Gasteiger partial charge < -0.3 is 24.8 Å². The van der Waals surface area contributed by atoms with Crippen molar-refractivity contribution < 1.29 is 19.0 Å². The molecule has 2 aromatic carbocycles. The minimum Gasteiger partial charge on any atom is -0.493 e. The first-order valence-corrected chi connectivity index (χ1v) is 7.92. The number of anilines is 1. The molecule has 6 nitrogen and oxygen atoms in total. The number of ether oxygens (including phenoxy) is 3. The van der Waals surface area contributed by atoms with Crippen molar-refractivity contribution in [2.75, 3.05) is 26.3 Å². The Morgan fingerprint density at radius 2 is 1.64 bits per heavy atom. The molecule has 134 valence electrons. The van der Waals surface area contributed by atoms with Crippen molar-refractivity contribution >= 4 is 11.7 Å². The molecule has 0 aliphatic carbocycles. The van der Waals surface area contributed by atoms with E-state index in [1.54, 1.807) is 32.4 Å². The van der Waals surface area contributed by atoms with Gasteiger partial charge in [-0.1, -0.05) is 12.1 Å². The summed E-state index contributed by atoms with van der Waals surface area (Å²) in [5, 5.41) is 5.40. The summed E-state index contributed by atoms with van der Waals surface area (Å²) in [5.41, 5.74) is 3.85. The third kappa shape index (κ3) is 4.56. The van der Waals surface area contributed by atoms with E-state index in [9.17, 15) is 4.79 Å². The van der Waals surface area contributed by atoms with Gasteiger partial charge in [0.05, 0.1) is 14.2 Å². The lowest BCUT2D eigenvalue weighted by Crippen LogP contribution is -2.32. The van der Waals surface area contributed by atoms with E-state index in [1.165, 1.54) is 0 Å². The molecule has 6 heteroatoms. The number of amides is 2. The van der Waals surface area contributed by atoms with Crippen LogP contribution < -0.4 is 24.8 Å². The summed E-state index contributed by atoms with van der Waals surface area (Å²) in [7, 11) is 3.10. The molecular formula is C19H24N2O4. The maximum absolute atomic E-state index is 12.0. The number of benzene rings is 2. The monoisotopic (exact) mass is 344 g/mol. The molecule has 25 heavy (non-hydrogen) atoms. The largest absolute Gasteiger partial charge is 0.493 e. The van der Waals surface area contributed by atoms with Crippen molar-refractivity contribution in [3.8, 4) is 17.2 Å². The summed E-state index contributed by atoms with van der Waals surface area (Å²) in [6, 6.07) is 8.83. The van der Waals surface area contributed by atoms with Gasteiger partial charge in [0.25, 0.3) is 0 Å². The van der Waals surface area contributed by atoms with Crippen molar-refractivity contribution in [1.29, 1.82) is 0 Å². The molecule has 0 fully saturated rings. The summed E-state index contributed by atoms with van der Waals surface area (Å²) in [5.74, 6) is 1.94. The number of rotatable bonds is 6. The first kappa shape index (κ1) is 18.4. The Morgan fingerprint density at radius 3 is 2.32 bits per heavy atom. The number of hydrogen-bond donors (Lipinski definition) is 2. The Balaban J connectivity index is 1.92. The Morgan fingerprint density at radius 1 is 0.960 bits per heavy atom. The van der Waals surface area contributed by atoms with E-state index in [1.807, 2.05) is 26.8 Å². The molecule has 0 saturated heterocycles. The molecule has 2 rings (SSSR count). The van der Waals surface area contributed by atoms with Gasteiger partial charge in [-0.05, 0) is 49.6 Å². The second-order valence-corrected chi connectivity index (χ2v) is 5.64. The Hall–Kier alpha value is -2.89. The highest BCUT2D eigenvalue weighted by molar-refractivity contribution is 5.89. The molecule has 2 aromatic rings. The van der Waals surface area contributed by atoms with Crippen LogP contribution in [-0.2, 0) is 0 Å². The average molecular weight is 344 g/mol. The van der Waals surface area contributed by atoms with Crippen LogP contribution >= 0.6 is 0 Å². The van der Waals surface area contributed by atoms with Gasteiger partial charge in [0.1, 0.15) is 5.75 Å². The third-order valence-electron chi connectivity index (χ3n) is 3.96. The molecule has 0 radical (unpaired) electrons. The number of carbonyl (C=O) groups is 1. The molecule has 0 bridgehead atoms. The minimum absolute atomic E-state index is 0.0737. The topological polar surface area (TPSA) is 68.8 Å². The van der Waals surface area contributed by atoms with Gasteiger partial charge in [0.2, 0.25) is 0 Å². The van der Waals surface area contributed by atoms with Crippen LogP contribution in [0.25, 0.3) is 0 Å². The number of methoxy groups -OCH3 is 2. The molecular weight excluding hydrogens is 320 g/mol. The van der Waals surface area contributed by atoms with Crippen LogP contribution in [0.5, 0.6) is 17.2 Å². The van der Waals surface area contributed by atoms with Gasteiger partial charge in [0, 0.05) is 11.8 Å². The van der Waals surface area contributed by atoms with Gasteiger partial charge in [-0.25, -0.2) is 4.79 Å². The normalized spacial score (nSPS) is 10.1. The highest BCUT2D eigenvalue weighted by Crippen LogP contribution is 2.29. The van der Waals surface area contributed by atoms with Crippen molar-refractivity contribution in [3.63, 3.8) is 0 Å². The predicted octanol–water partition coefficient (Wildman–Crippen LogP) is 3.79. The van der Waals surface area contributed by atoms with Crippen molar-refractivity contribution in [2.45, 2.75) is 20.8 Å². The predicted molar refractivity (Wildman–Crippen MR) is 97.8 cm³/mol. The highest BCUT2D eigenvalue weighted by Gasteiger charge is 2.09. The molecule has 2 N–H and O–H groups in total. The van der Waals surface area contributed by atoms with Crippen LogP contribution in [0.2, 0.25) is 0 Å². The Kier molecular flexibility index (Phi) is 6.11. The number of hydrogen-bond acceptors (Lipinski definition) is 4. The van der Waals surface area contributed by atoms with E-state index in [0.717, 1.165) is 22.4 Å². The molecule has 0 heterocycles. The van der Waals surface area contributed by atoms with Gasteiger partial charge in [-0.3, -0.25) is 0 Å². The summed E-state index contributed by atoms with van der Waals surface area (Å²) in [4.78, 5) is 12.0. The van der Waals surface area contributed by atoms with Gasteiger partial charge in [0.15, 0.2) is 18.2 Å². The summed E-state index contributed by atoms with van der Waals surface area (Å²) < 4.78 is 16.1. The van der Waals surface area contributed by atoms with E-state index in [2.05, 4.69) is 16.7 Å². The summed E-state index contributed by atoms with van der Waals surface area (Å²) in [6.07, 6.45) is 0. The fraction of sp³-hybridized carbons (Fsp3) is 0.316. The second kappa shape index (κ2) is 8.28. The molecule has 0 saturated carbocycles. The molecule has 0 aliphatic heterocycles. The van der Waals surface area contributed by atoms with Crippen LogP contribution in [0.4, 0.5) is 10.5 Å². The van der Waals surface area contributed by atoms with Crippen LogP contribution in [0.15, 0.2) is 30.3 Å². The fourth-order valence-corrected chi connectivity index (χ4v) is 2.41. The molecule has 0 unspecified atom stereocenters. The van der Waals surface area contributed by atoms with E-state index in [0.29, 0.717) is 17.2 Å². The van der Waals surface area contributed by atoms with Crippen LogP contribution in [0, 0.1) is 20.8 Å². The molecule has 0 atom stereocenters. The quantitative estimate of drug-likeness (QED) is 0.783. The SMILES string of the molecule is COc1ccc(NC(=O)NCOc2c(C)ccc(C)c2C)cc1OC. The van der Waals surface area contributed by atoms with Crippen LogP contribution in [0.3, 0.4) is 0 Å². The fourth-order valence-electron chi connectivity index (χ4n) is 2.41. The Bertz CT molecular complexity index is 759. The van der Waals surface area contributed by atoms with E-state index in [-0.39, 0.29) is 12.8 Å². The maximum Gasteiger partial charge on any atom is 0.321 e. The Labute approximate surface area is 148 Å². The van der Waals surface area contributed by atoms with Gasteiger partial charge >= 0.3 is 6.03 Å². The number of urea groups is 1. The first-order chi connectivity index (χ1) is 12.0. The summed E-state index contributed by atoms with van der Waals surface area (Å²) >= 11 is 0. The zero-order valence-corrected chi connectivity index (χ0v) is 15.2. The minimum atomic E-state index is -0.366. The van der Waals surface area contributed by atoms with Crippen LogP contribution in [-0.4, -0.2) is 27.0 Å². The lowest BCUT2D eigenvalue weighted by atomic mass is 10.1. The molecule has 0 aromatic heterocycles. The first-order valence-electron chi connectivity index (χ1n) is 7.92. The standard InChI is InChI=1S/C19H24N2O4/c1-12-6-7-13(2)18(14(12)3)25-11-20-19(22)21-15-8-9-16(23-4)17(10-15)24-5/h6-10H,11H2,1-5H3,(H2,20,21,22). The molecule has 0 aliphatic rings. The second-order valence-electron chi connectivity index (χ2n) is 5.64. The van der Waals surface area contributed by atoms with Gasteiger partial charge in [-0.2, -0.15) is 0 Å².